The van der Waals surface area contributed by atoms with Gasteiger partial charge in [-0.3, -0.25) is 4.99 Å². The van der Waals surface area contributed by atoms with E-state index in [1.807, 2.05) is 32.0 Å². The van der Waals surface area contributed by atoms with E-state index in [-0.39, 0.29) is 24.0 Å². The highest BCUT2D eigenvalue weighted by Gasteiger charge is 1.95. The molecule has 0 radical (unpaired) electrons. The van der Waals surface area contributed by atoms with Crippen LogP contribution in [-0.4, -0.2) is 25.2 Å². The molecule has 1 aromatic rings. The Kier molecular flexibility index (Phi) is 11.5. The summed E-state index contributed by atoms with van der Waals surface area (Å²) in [7, 11) is 0. The minimum Gasteiger partial charge on any atom is -0.377 e. The van der Waals surface area contributed by atoms with Crippen LogP contribution in [0.3, 0.4) is 0 Å². The predicted molar refractivity (Wildman–Crippen MR) is 95.5 cm³/mol. The summed E-state index contributed by atoms with van der Waals surface area (Å²) in [4.78, 5) is 4.25. The monoisotopic (exact) mass is 391 g/mol. The third kappa shape index (κ3) is 10.0. The van der Waals surface area contributed by atoms with E-state index in [0.29, 0.717) is 18.6 Å². The van der Waals surface area contributed by atoms with Crippen LogP contribution < -0.4 is 11.1 Å². The Morgan fingerprint density at radius 3 is 2.60 bits per heavy atom. The molecular formula is C15H26IN3O. The van der Waals surface area contributed by atoms with Gasteiger partial charge in [0.15, 0.2) is 5.96 Å². The van der Waals surface area contributed by atoms with Gasteiger partial charge >= 0.3 is 0 Å². The molecule has 114 valence electrons. The van der Waals surface area contributed by atoms with Crippen molar-refractivity contribution in [2.45, 2.75) is 39.3 Å². The van der Waals surface area contributed by atoms with Gasteiger partial charge in [-0.25, -0.2) is 0 Å². The molecule has 0 aliphatic rings. The molecule has 20 heavy (non-hydrogen) atoms. The van der Waals surface area contributed by atoms with Crippen molar-refractivity contribution in [3.63, 3.8) is 0 Å². The number of hydrogen-bond acceptors (Lipinski definition) is 2. The number of benzene rings is 1. The van der Waals surface area contributed by atoms with Gasteiger partial charge in [0.25, 0.3) is 0 Å². The minimum atomic E-state index is 0. The Balaban J connectivity index is 0.00000361. The summed E-state index contributed by atoms with van der Waals surface area (Å²) in [5.74, 6) is 0.528. The average Bonchev–Trinajstić information content (AvgIpc) is 2.38. The zero-order valence-electron chi connectivity index (χ0n) is 12.3. The van der Waals surface area contributed by atoms with Gasteiger partial charge in [-0.1, -0.05) is 30.3 Å². The van der Waals surface area contributed by atoms with Gasteiger partial charge in [0.2, 0.25) is 0 Å². The van der Waals surface area contributed by atoms with Gasteiger partial charge in [0.05, 0.1) is 6.61 Å². The summed E-state index contributed by atoms with van der Waals surface area (Å²) in [6.45, 7) is 6.28. The lowest BCUT2D eigenvalue weighted by Gasteiger charge is -2.08. The third-order valence-corrected chi connectivity index (χ3v) is 2.53. The van der Waals surface area contributed by atoms with Crippen molar-refractivity contribution in [2.75, 3.05) is 13.2 Å². The topological polar surface area (TPSA) is 59.6 Å². The van der Waals surface area contributed by atoms with Gasteiger partial charge in [-0.05, 0) is 32.3 Å². The van der Waals surface area contributed by atoms with E-state index in [0.717, 1.165) is 26.0 Å². The van der Waals surface area contributed by atoms with Crippen molar-refractivity contribution >= 4 is 29.9 Å². The van der Waals surface area contributed by atoms with E-state index in [1.165, 1.54) is 5.56 Å². The Morgan fingerprint density at radius 2 is 1.95 bits per heavy atom. The first-order valence-electron chi connectivity index (χ1n) is 6.86. The maximum atomic E-state index is 5.70. The van der Waals surface area contributed by atoms with E-state index >= 15 is 0 Å². The Morgan fingerprint density at radius 1 is 1.25 bits per heavy atom. The Hall–Kier alpha value is -0.820. The molecule has 0 spiro atoms. The first-order chi connectivity index (χ1) is 9.18. The van der Waals surface area contributed by atoms with Crippen molar-refractivity contribution in [1.82, 2.24) is 5.32 Å². The highest BCUT2D eigenvalue weighted by atomic mass is 127. The van der Waals surface area contributed by atoms with Crippen LogP contribution in [0.2, 0.25) is 0 Å². The second-order valence-electron chi connectivity index (χ2n) is 4.81. The zero-order chi connectivity index (χ0) is 13.9. The molecule has 0 amide bonds. The first-order valence-corrected chi connectivity index (χ1v) is 6.86. The van der Waals surface area contributed by atoms with Crippen LogP contribution in [0.25, 0.3) is 0 Å². The lowest BCUT2D eigenvalue weighted by molar-refractivity contribution is 0.117. The van der Waals surface area contributed by atoms with Crippen molar-refractivity contribution in [3.8, 4) is 0 Å². The van der Waals surface area contributed by atoms with Gasteiger partial charge in [-0.15, -0.1) is 24.0 Å². The maximum absolute atomic E-state index is 5.70. The molecular weight excluding hydrogens is 365 g/mol. The molecule has 0 atom stereocenters. The maximum Gasteiger partial charge on any atom is 0.188 e. The van der Waals surface area contributed by atoms with Crippen LogP contribution >= 0.6 is 24.0 Å². The van der Waals surface area contributed by atoms with Gasteiger partial charge in [0, 0.05) is 19.2 Å². The third-order valence-electron chi connectivity index (χ3n) is 2.53. The van der Waals surface area contributed by atoms with Crippen molar-refractivity contribution in [2.24, 2.45) is 10.7 Å². The fraction of sp³-hybridized carbons (Fsp3) is 0.533. The van der Waals surface area contributed by atoms with E-state index in [4.69, 9.17) is 10.5 Å². The molecule has 3 N–H and O–H groups in total. The van der Waals surface area contributed by atoms with E-state index < -0.39 is 0 Å². The van der Waals surface area contributed by atoms with Gasteiger partial charge < -0.3 is 15.8 Å². The van der Waals surface area contributed by atoms with Crippen molar-refractivity contribution in [1.29, 1.82) is 0 Å². The quantitative estimate of drug-likeness (QED) is 0.310. The molecule has 0 saturated heterocycles. The highest BCUT2D eigenvalue weighted by molar-refractivity contribution is 14.0. The number of nitrogens with two attached hydrogens (primary N) is 1. The molecule has 0 fully saturated rings. The number of hydrogen-bond donors (Lipinski definition) is 2. The Bertz CT molecular complexity index is 369. The number of nitrogens with zero attached hydrogens (tertiary/aromatic N) is 1. The molecule has 0 aliphatic heterocycles. The molecule has 0 aliphatic carbocycles. The second-order valence-corrected chi connectivity index (χ2v) is 4.81. The van der Waals surface area contributed by atoms with E-state index in [1.54, 1.807) is 0 Å². The summed E-state index contributed by atoms with van der Waals surface area (Å²) in [6, 6.07) is 10.5. The number of guanidine groups is 1. The van der Waals surface area contributed by atoms with Crippen molar-refractivity contribution in [3.05, 3.63) is 35.9 Å². The number of ether oxygens (including phenoxy) is 1. The molecule has 5 heteroatoms. The molecule has 4 nitrogen and oxygen atoms in total. The molecule has 1 aromatic carbocycles. The molecule has 0 saturated carbocycles. The molecule has 0 aromatic heterocycles. The molecule has 0 heterocycles. The van der Waals surface area contributed by atoms with Crippen LogP contribution in [0, 0.1) is 0 Å². The van der Waals surface area contributed by atoms with Crippen LogP contribution in [0.1, 0.15) is 32.3 Å². The van der Waals surface area contributed by atoms with E-state index in [9.17, 15) is 0 Å². The number of unbranched alkanes of at least 4 members (excludes halogenated alkanes) is 1. The normalized spacial score (nSPS) is 11.2. The molecule has 0 bridgehead atoms. The Labute approximate surface area is 139 Å². The van der Waals surface area contributed by atoms with Crippen LogP contribution in [-0.2, 0) is 11.3 Å². The van der Waals surface area contributed by atoms with Gasteiger partial charge in [-0.2, -0.15) is 0 Å². The number of halogens is 1. The summed E-state index contributed by atoms with van der Waals surface area (Å²) in [6.07, 6.45) is 2.00. The van der Waals surface area contributed by atoms with Crippen LogP contribution in [0.15, 0.2) is 35.3 Å². The largest absolute Gasteiger partial charge is 0.377 e. The predicted octanol–water partition coefficient (Wildman–Crippen LogP) is 2.91. The number of aliphatic imine (C=N–C) groups is 1. The van der Waals surface area contributed by atoms with Crippen LogP contribution in [0.4, 0.5) is 0 Å². The lowest BCUT2D eigenvalue weighted by atomic mass is 10.2. The van der Waals surface area contributed by atoms with E-state index in [2.05, 4.69) is 22.4 Å². The average molecular weight is 391 g/mol. The zero-order valence-corrected chi connectivity index (χ0v) is 14.7. The number of rotatable bonds is 8. The summed E-state index contributed by atoms with van der Waals surface area (Å²) < 4.78 is 5.60. The molecule has 1 rings (SSSR count). The van der Waals surface area contributed by atoms with Crippen LogP contribution in [0.5, 0.6) is 0 Å². The number of nitrogens with one attached hydrogen (secondary N) is 1. The first kappa shape index (κ1) is 19.2. The highest BCUT2D eigenvalue weighted by Crippen LogP contribution is 2.01. The summed E-state index contributed by atoms with van der Waals surface area (Å²) >= 11 is 0. The summed E-state index contributed by atoms with van der Waals surface area (Å²) in [5, 5.41) is 3.06. The smallest absolute Gasteiger partial charge is 0.188 e. The standard InChI is InChI=1S/C15H25N3O.HI/c1-13(2)18-15(16)17-10-6-7-11-19-12-14-8-4-3-5-9-14;/h3-5,8-9,13H,6-7,10-12H2,1-2H3,(H3,16,17,18);1H. The lowest BCUT2D eigenvalue weighted by Crippen LogP contribution is -2.36. The minimum absolute atomic E-state index is 0. The second kappa shape index (κ2) is 12.0. The summed E-state index contributed by atoms with van der Waals surface area (Å²) in [5.41, 5.74) is 6.91. The molecule has 0 unspecified atom stereocenters. The fourth-order valence-corrected chi connectivity index (χ4v) is 1.62. The SMILES string of the molecule is CC(C)NC(N)=NCCCCOCc1ccccc1.I. The van der Waals surface area contributed by atoms with Gasteiger partial charge in [0.1, 0.15) is 0 Å². The van der Waals surface area contributed by atoms with Crippen molar-refractivity contribution < 1.29 is 4.74 Å². The fourth-order valence-electron chi connectivity index (χ4n) is 1.62.